The van der Waals surface area contributed by atoms with Crippen LogP contribution >= 0.6 is 0 Å². The molecule has 2 heterocycles. The Morgan fingerprint density at radius 3 is 2.57 bits per heavy atom. The molecule has 0 spiro atoms. The van der Waals surface area contributed by atoms with Crippen LogP contribution in [0.4, 0.5) is 0 Å². The minimum atomic E-state index is -0.220. The Bertz CT molecular complexity index is 471. The summed E-state index contributed by atoms with van der Waals surface area (Å²) in [6.45, 7) is 3.65. The topological polar surface area (TPSA) is 60.0 Å². The molecule has 0 saturated carbocycles. The lowest BCUT2D eigenvalue weighted by Gasteiger charge is -2.36. The molecule has 1 fully saturated rings. The molecule has 0 bridgehead atoms. The lowest BCUT2D eigenvalue weighted by molar-refractivity contribution is 0.0111. The van der Waals surface area contributed by atoms with Crippen molar-refractivity contribution in [1.29, 1.82) is 0 Å². The van der Waals surface area contributed by atoms with Gasteiger partial charge in [0.1, 0.15) is 0 Å². The number of aliphatic hydroxyl groups is 1. The molecule has 0 amide bonds. The number of hydrogen-bond acceptors (Lipinski definition) is 5. The first kappa shape index (κ1) is 14.6. The van der Waals surface area contributed by atoms with E-state index in [9.17, 15) is 5.11 Å². The van der Waals surface area contributed by atoms with E-state index in [-0.39, 0.29) is 12.1 Å². The molecular formula is C16H23NO4. The molecule has 2 N–H and O–H groups in total. The molecule has 5 nitrogen and oxygen atoms in total. The Hall–Kier alpha value is -1.30. The molecule has 116 valence electrons. The van der Waals surface area contributed by atoms with E-state index < -0.39 is 0 Å². The van der Waals surface area contributed by atoms with E-state index in [0.29, 0.717) is 33.0 Å². The average molecular weight is 293 g/mol. The van der Waals surface area contributed by atoms with Crippen LogP contribution in [0.25, 0.3) is 0 Å². The summed E-state index contributed by atoms with van der Waals surface area (Å²) in [5.74, 6) is 1.64. The maximum atomic E-state index is 9.69. The van der Waals surface area contributed by atoms with Gasteiger partial charge in [-0.3, -0.25) is 0 Å². The predicted molar refractivity (Wildman–Crippen MR) is 78.8 cm³/mol. The van der Waals surface area contributed by atoms with Crippen LogP contribution < -0.4 is 14.8 Å². The van der Waals surface area contributed by atoms with Gasteiger partial charge in [0.05, 0.1) is 19.8 Å². The van der Waals surface area contributed by atoms with Crippen LogP contribution in [0.3, 0.4) is 0 Å². The summed E-state index contributed by atoms with van der Waals surface area (Å²) < 4.78 is 16.7. The van der Waals surface area contributed by atoms with Crippen molar-refractivity contribution in [3.05, 3.63) is 23.8 Å². The van der Waals surface area contributed by atoms with Gasteiger partial charge < -0.3 is 24.6 Å². The maximum Gasteiger partial charge on any atom is 0.161 e. The Morgan fingerprint density at radius 2 is 1.81 bits per heavy atom. The van der Waals surface area contributed by atoms with Gasteiger partial charge in [0.2, 0.25) is 0 Å². The molecular weight excluding hydrogens is 270 g/mol. The van der Waals surface area contributed by atoms with Gasteiger partial charge in [-0.2, -0.15) is 0 Å². The van der Waals surface area contributed by atoms with Crippen LogP contribution in [0, 0.1) is 0 Å². The Kier molecular flexibility index (Phi) is 4.63. The van der Waals surface area contributed by atoms with Crippen molar-refractivity contribution in [2.45, 2.75) is 31.3 Å². The van der Waals surface area contributed by atoms with Crippen molar-refractivity contribution in [2.75, 3.05) is 33.0 Å². The first-order valence-electron chi connectivity index (χ1n) is 7.63. The number of fused-ring (bicyclic) bond motifs is 1. The zero-order valence-corrected chi connectivity index (χ0v) is 12.3. The monoisotopic (exact) mass is 293 g/mol. The molecule has 21 heavy (non-hydrogen) atoms. The second kappa shape index (κ2) is 6.64. The Balaban J connectivity index is 1.66. The van der Waals surface area contributed by atoms with E-state index in [4.69, 9.17) is 14.2 Å². The Morgan fingerprint density at radius 1 is 1.05 bits per heavy atom. The fourth-order valence-corrected chi connectivity index (χ4v) is 2.76. The summed E-state index contributed by atoms with van der Waals surface area (Å²) in [6.07, 6.45) is 2.60. The molecule has 2 aliphatic rings. The number of aliphatic hydroxyl groups excluding tert-OH is 1. The summed E-state index contributed by atoms with van der Waals surface area (Å²) in [7, 11) is 0. The third-order valence-electron chi connectivity index (χ3n) is 4.23. The van der Waals surface area contributed by atoms with E-state index >= 15 is 0 Å². The van der Waals surface area contributed by atoms with E-state index in [1.807, 2.05) is 18.2 Å². The normalized spacial score (nSPS) is 20.8. The van der Waals surface area contributed by atoms with Crippen molar-refractivity contribution in [3.8, 4) is 11.5 Å². The fraction of sp³-hybridized carbons (Fsp3) is 0.625. The van der Waals surface area contributed by atoms with Crippen LogP contribution in [0.1, 0.15) is 24.8 Å². The van der Waals surface area contributed by atoms with Crippen molar-refractivity contribution < 1.29 is 19.3 Å². The van der Waals surface area contributed by atoms with Gasteiger partial charge in [0.15, 0.2) is 11.5 Å². The summed E-state index contributed by atoms with van der Waals surface area (Å²) in [5.41, 5.74) is 0.918. The number of rotatable bonds is 4. The van der Waals surface area contributed by atoms with E-state index in [2.05, 4.69) is 5.32 Å². The molecule has 0 unspecified atom stereocenters. The summed E-state index contributed by atoms with van der Waals surface area (Å²) in [5, 5.41) is 13.2. The highest BCUT2D eigenvalue weighted by Gasteiger charge is 2.31. The van der Waals surface area contributed by atoms with Gasteiger partial charge in [0.25, 0.3) is 0 Å². The third-order valence-corrected chi connectivity index (χ3v) is 4.23. The van der Waals surface area contributed by atoms with Gasteiger partial charge >= 0.3 is 0 Å². The molecule has 0 aliphatic carbocycles. The molecule has 1 aromatic carbocycles. The van der Waals surface area contributed by atoms with E-state index in [1.54, 1.807) is 0 Å². The second-order valence-corrected chi connectivity index (χ2v) is 5.74. The number of hydrogen-bond donors (Lipinski definition) is 2. The molecule has 0 atom stereocenters. The molecule has 0 aromatic heterocycles. The van der Waals surface area contributed by atoms with Crippen LogP contribution in [0.15, 0.2) is 18.2 Å². The highest BCUT2D eigenvalue weighted by molar-refractivity contribution is 5.43. The summed E-state index contributed by atoms with van der Waals surface area (Å²) >= 11 is 0. The zero-order chi connectivity index (χ0) is 14.5. The van der Waals surface area contributed by atoms with E-state index in [0.717, 1.165) is 36.3 Å². The highest BCUT2D eigenvalue weighted by atomic mass is 16.5. The Labute approximate surface area is 125 Å². The molecule has 1 aromatic rings. The quantitative estimate of drug-likeness (QED) is 0.880. The van der Waals surface area contributed by atoms with Crippen molar-refractivity contribution in [3.63, 3.8) is 0 Å². The van der Waals surface area contributed by atoms with Gasteiger partial charge in [-0.1, -0.05) is 6.07 Å². The standard InChI is InChI=1S/C16H23NO4/c18-12-16(4-8-19-9-5-16)17-11-13-2-3-14-15(10-13)21-7-1-6-20-14/h2-3,10,17-18H,1,4-9,11-12H2. The lowest BCUT2D eigenvalue weighted by Crippen LogP contribution is -2.51. The van der Waals surface area contributed by atoms with Gasteiger partial charge in [0, 0.05) is 31.7 Å². The van der Waals surface area contributed by atoms with Crippen molar-refractivity contribution >= 4 is 0 Å². The van der Waals surface area contributed by atoms with Crippen LogP contribution in [0.2, 0.25) is 0 Å². The smallest absolute Gasteiger partial charge is 0.161 e. The van der Waals surface area contributed by atoms with Gasteiger partial charge in [-0.25, -0.2) is 0 Å². The minimum absolute atomic E-state index is 0.140. The summed E-state index contributed by atoms with van der Waals surface area (Å²) in [4.78, 5) is 0. The zero-order valence-electron chi connectivity index (χ0n) is 12.3. The number of nitrogens with one attached hydrogen (secondary N) is 1. The van der Waals surface area contributed by atoms with Crippen molar-refractivity contribution in [2.24, 2.45) is 0 Å². The second-order valence-electron chi connectivity index (χ2n) is 5.74. The lowest BCUT2D eigenvalue weighted by atomic mass is 9.90. The first-order valence-corrected chi connectivity index (χ1v) is 7.63. The van der Waals surface area contributed by atoms with Gasteiger partial charge in [-0.15, -0.1) is 0 Å². The molecule has 0 radical (unpaired) electrons. The first-order chi connectivity index (χ1) is 10.3. The van der Waals surface area contributed by atoms with Crippen LogP contribution in [0.5, 0.6) is 11.5 Å². The van der Waals surface area contributed by atoms with Crippen LogP contribution in [-0.4, -0.2) is 43.7 Å². The van der Waals surface area contributed by atoms with Gasteiger partial charge in [-0.05, 0) is 30.5 Å². The highest BCUT2D eigenvalue weighted by Crippen LogP contribution is 2.30. The largest absolute Gasteiger partial charge is 0.490 e. The summed E-state index contributed by atoms with van der Waals surface area (Å²) in [6, 6.07) is 6.04. The number of benzene rings is 1. The maximum absolute atomic E-state index is 9.69. The number of ether oxygens (including phenoxy) is 3. The van der Waals surface area contributed by atoms with Crippen molar-refractivity contribution in [1.82, 2.24) is 5.32 Å². The molecule has 5 heteroatoms. The SMILES string of the molecule is OCC1(NCc2ccc3c(c2)OCCCO3)CCOCC1. The third kappa shape index (κ3) is 3.48. The molecule has 2 aliphatic heterocycles. The molecule has 1 saturated heterocycles. The molecule has 3 rings (SSSR count). The fourth-order valence-electron chi connectivity index (χ4n) is 2.76. The average Bonchev–Trinajstić information content (AvgIpc) is 2.78. The van der Waals surface area contributed by atoms with E-state index in [1.165, 1.54) is 0 Å². The minimum Gasteiger partial charge on any atom is -0.490 e. The van der Waals surface area contributed by atoms with Crippen LogP contribution in [-0.2, 0) is 11.3 Å². The predicted octanol–water partition coefficient (Wildman–Crippen LogP) is 1.48.